The number of rotatable bonds is 3. The van der Waals surface area contributed by atoms with Gasteiger partial charge in [0.2, 0.25) is 0 Å². The monoisotopic (exact) mass is 248 g/mol. The van der Waals surface area contributed by atoms with Crippen LogP contribution in [0, 0.1) is 0 Å². The van der Waals surface area contributed by atoms with Crippen molar-refractivity contribution < 1.29 is 9.90 Å². The van der Waals surface area contributed by atoms with Crippen LogP contribution in [0.3, 0.4) is 0 Å². The average Bonchev–Trinajstić information content (AvgIpc) is 2.39. The summed E-state index contributed by atoms with van der Waals surface area (Å²) in [6.45, 7) is 5.71. The Hall–Kier alpha value is -1.55. The maximum atomic E-state index is 11.2. The zero-order chi connectivity index (χ0) is 13.1. The number of likely N-dealkylation sites (N-methyl/N-ethyl adjacent to an activating group) is 1. The number of hydrogen-bond acceptors (Lipinski definition) is 3. The molecule has 1 N–H and O–H groups in total. The zero-order valence-electron chi connectivity index (χ0n) is 11.0. The largest absolute Gasteiger partial charge is 0.481 e. The van der Waals surface area contributed by atoms with Gasteiger partial charge >= 0.3 is 5.97 Å². The lowest BCUT2D eigenvalue weighted by Crippen LogP contribution is -2.45. The molecular formula is C14H20N2O2. The Kier molecular flexibility index (Phi) is 3.87. The highest BCUT2D eigenvalue weighted by atomic mass is 16.4. The second-order valence-electron chi connectivity index (χ2n) is 4.91. The van der Waals surface area contributed by atoms with Crippen LogP contribution in [-0.4, -0.2) is 49.2 Å². The number of anilines is 1. The Balaban J connectivity index is 2.24. The predicted molar refractivity (Wildman–Crippen MR) is 72.2 cm³/mol. The Bertz CT molecular complexity index is 426. The minimum Gasteiger partial charge on any atom is -0.481 e. The summed E-state index contributed by atoms with van der Waals surface area (Å²) >= 11 is 0. The van der Waals surface area contributed by atoms with Crippen LogP contribution in [-0.2, 0) is 4.79 Å². The molecule has 1 aromatic carbocycles. The van der Waals surface area contributed by atoms with Gasteiger partial charge in [-0.3, -0.25) is 4.79 Å². The number of hydrogen-bond donors (Lipinski definition) is 1. The lowest BCUT2D eigenvalue weighted by atomic mass is 9.98. The molecule has 1 saturated heterocycles. The van der Waals surface area contributed by atoms with Crippen molar-refractivity contribution in [1.29, 1.82) is 0 Å². The lowest BCUT2D eigenvalue weighted by Gasteiger charge is -2.35. The second kappa shape index (κ2) is 5.40. The van der Waals surface area contributed by atoms with Crippen LogP contribution in [0.2, 0.25) is 0 Å². The van der Waals surface area contributed by atoms with Gasteiger partial charge in [-0.1, -0.05) is 18.2 Å². The van der Waals surface area contributed by atoms with Crippen LogP contribution in [0.25, 0.3) is 0 Å². The van der Waals surface area contributed by atoms with Crippen LogP contribution in [0.5, 0.6) is 0 Å². The van der Waals surface area contributed by atoms with Crippen LogP contribution in [0.15, 0.2) is 24.3 Å². The SMILES string of the molecule is CC(C(=O)O)c1ccccc1N1CCN(C)CC1. The van der Waals surface area contributed by atoms with Crippen molar-refractivity contribution in [3.05, 3.63) is 29.8 Å². The molecule has 4 heteroatoms. The average molecular weight is 248 g/mol. The molecule has 1 aliphatic heterocycles. The maximum Gasteiger partial charge on any atom is 0.310 e. The number of benzene rings is 1. The van der Waals surface area contributed by atoms with E-state index < -0.39 is 11.9 Å². The van der Waals surface area contributed by atoms with Gasteiger partial charge < -0.3 is 14.9 Å². The third-order valence-electron chi connectivity index (χ3n) is 3.62. The van der Waals surface area contributed by atoms with Crippen molar-refractivity contribution in [3.63, 3.8) is 0 Å². The third kappa shape index (κ3) is 2.64. The first-order valence-corrected chi connectivity index (χ1v) is 6.35. The molecule has 0 spiro atoms. The van der Waals surface area contributed by atoms with Gasteiger partial charge in [-0.2, -0.15) is 0 Å². The number of aliphatic carboxylic acids is 1. The standard InChI is InChI=1S/C14H20N2O2/c1-11(14(17)18)12-5-3-4-6-13(12)16-9-7-15(2)8-10-16/h3-6,11H,7-10H2,1-2H3,(H,17,18). The summed E-state index contributed by atoms with van der Waals surface area (Å²) in [6, 6.07) is 7.84. The quantitative estimate of drug-likeness (QED) is 0.883. The Morgan fingerprint density at radius 2 is 1.83 bits per heavy atom. The topological polar surface area (TPSA) is 43.8 Å². The number of carboxylic acids is 1. The molecule has 1 aliphatic rings. The van der Waals surface area contributed by atoms with E-state index in [1.807, 2.05) is 24.3 Å². The van der Waals surface area contributed by atoms with Crippen molar-refractivity contribution in [1.82, 2.24) is 4.90 Å². The molecular weight excluding hydrogens is 228 g/mol. The van der Waals surface area contributed by atoms with Crippen molar-refractivity contribution >= 4 is 11.7 Å². The smallest absolute Gasteiger partial charge is 0.310 e. The Labute approximate surface area is 108 Å². The van der Waals surface area contributed by atoms with E-state index in [4.69, 9.17) is 0 Å². The molecule has 0 radical (unpaired) electrons. The molecule has 1 fully saturated rings. The third-order valence-corrected chi connectivity index (χ3v) is 3.62. The van der Waals surface area contributed by atoms with E-state index in [0.29, 0.717) is 0 Å². The molecule has 0 saturated carbocycles. The Morgan fingerprint density at radius 3 is 2.44 bits per heavy atom. The molecule has 0 bridgehead atoms. The summed E-state index contributed by atoms with van der Waals surface area (Å²) in [6.07, 6.45) is 0. The first-order chi connectivity index (χ1) is 8.59. The van der Waals surface area contributed by atoms with E-state index in [1.165, 1.54) is 0 Å². The van der Waals surface area contributed by atoms with E-state index in [1.54, 1.807) is 6.92 Å². The normalized spacial score (nSPS) is 18.7. The number of carbonyl (C=O) groups is 1. The van der Waals surface area contributed by atoms with Crippen LogP contribution in [0.4, 0.5) is 5.69 Å². The van der Waals surface area contributed by atoms with Gasteiger partial charge in [-0.15, -0.1) is 0 Å². The predicted octanol–water partition coefficient (Wildman–Crippen LogP) is 1.63. The first kappa shape index (κ1) is 12.9. The molecule has 1 atom stereocenters. The van der Waals surface area contributed by atoms with Crippen LogP contribution in [0.1, 0.15) is 18.4 Å². The molecule has 2 rings (SSSR count). The van der Waals surface area contributed by atoms with Gasteiger partial charge in [-0.25, -0.2) is 0 Å². The van der Waals surface area contributed by atoms with Gasteiger partial charge in [-0.05, 0) is 25.6 Å². The van der Waals surface area contributed by atoms with Crippen LogP contribution >= 0.6 is 0 Å². The molecule has 1 unspecified atom stereocenters. The molecule has 0 aromatic heterocycles. The summed E-state index contributed by atoms with van der Waals surface area (Å²) in [7, 11) is 2.11. The molecule has 0 amide bonds. The van der Waals surface area contributed by atoms with Crippen molar-refractivity contribution in [2.24, 2.45) is 0 Å². The molecule has 98 valence electrons. The summed E-state index contributed by atoms with van der Waals surface area (Å²) in [5, 5.41) is 9.17. The van der Waals surface area contributed by atoms with Crippen molar-refractivity contribution in [2.45, 2.75) is 12.8 Å². The highest BCUT2D eigenvalue weighted by Gasteiger charge is 2.22. The van der Waals surface area contributed by atoms with E-state index in [9.17, 15) is 9.90 Å². The van der Waals surface area contributed by atoms with Gasteiger partial charge in [0.05, 0.1) is 5.92 Å². The number of para-hydroxylation sites is 1. The fourth-order valence-electron chi connectivity index (χ4n) is 2.32. The summed E-state index contributed by atoms with van der Waals surface area (Å²) < 4.78 is 0. The van der Waals surface area contributed by atoms with E-state index in [0.717, 1.165) is 37.4 Å². The van der Waals surface area contributed by atoms with Crippen LogP contribution < -0.4 is 4.90 Å². The highest BCUT2D eigenvalue weighted by Crippen LogP contribution is 2.28. The molecule has 4 nitrogen and oxygen atoms in total. The molecule has 0 aliphatic carbocycles. The van der Waals surface area contributed by atoms with Crippen molar-refractivity contribution in [3.8, 4) is 0 Å². The van der Waals surface area contributed by atoms with Gasteiger partial charge in [0.25, 0.3) is 0 Å². The minimum absolute atomic E-state index is 0.458. The van der Waals surface area contributed by atoms with Gasteiger partial charge in [0, 0.05) is 31.9 Å². The van der Waals surface area contributed by atoms with Gasteiger partial charge in [0.1, 0.15) is 0 Å². The van der Waals surface area contributed by atoms with Gasteiger partial charge in [0.15, 0.2) is 0 Å². The first-order valence-electron chi connectivity index (χ1n) is 6.35. The molecule has 1 aromatic rings. The molecule has 1 heterocycles. The minimum atomic E-state index is -0.767. The summed E-state index contributed by atoms with van der Waals surface area (Å²) in [5.41, 5.74) is 1.98. The van der Waals surface area contributed by atoms with Crippen molar-refractivity contribution in [2.75, 3.05) is 38.1 Å². The highest BCUT2D eigenvalue weighted by molar-refractivity contribution is 5.78. The number of carboxylic acid groups (broad SMARTS) is 1. The lowest BCUT2D eigenvalue weighted by molar-refractivity contribution is -0.138. The Morgan fingerprint density at radius 1 is 1.22 bits per heavy atom. The van der Waals surface area contributed by atoms with E-state index in [-0.39, 0.29) is 0 Å². The number of nitrogens with zero attached hydrogens (tertiary/aromatic N) is 2. The zero-order valence-corrected chi connectivity index (χ0v) is 11.0. The summed E-state index contributed by atoms with van der Waals surface area (Å²) in [5.74, 6) is -1.22. The fourth-order valence-corrected chi connectivity index (χ4v) is 2.32. The number of piperazine rings is 1. The molecule has 18 heavy (non-hydrogen) atoms. The van der Waals surface area contributed by atoms with E-state index >= 15 is 0 Å². The fraction of sp³-hybridized carbons (Fsp3) is 0.500. The maximum absolute atomic E-state index is 11.2. The van der Waals surface area contributed by atoms with E-state index in [2.05, 4.69) is 16.8 Å². The second-order valence-corrected chi connectivity index (χ2v) is 4.91. The summed E-state index contributed by atoms with van der Waals surface area (Å²) in [4.78, 5) is 15.7.